The van der Waals surface area contributed by atoms with Crippen LogP contribution in [0.3, 0.4) is 0 Å². The molecule has 0 spiro atoms. The second kappa shape index (κ2) is 7.10. The van der Waals surface area contributed by atoms with Gasteiger partial charge >= 0.3 is 7.52 Å². The number of hydrogen-bond donors (Lipinski definition) is 1. The summed E-state index contributed by atoms with van der Waals surface area (Å²) < 4.78 is 23.9. The lowest BCUT2D eigenvalue weighted by atomic mass is 10.1. The van der Waals surface area contributed by atoms with Crippen molar-refractivity contribution in [1.29, 1.82) is 0 Å². The van der Waals surface area contributed by atoms with E-state index >= 15 is 0 Å². The van der Waals surface area contributed by atoms with Gasteiger partial charge in [-0.1, -0.05) is 6.07 Å². The number of anilines is 1. The van der Waals surface area contributed by atoms with E-state index in [2.05, 4.69) is 5.09 Å². The van der Waals surface area contributed by atoms with E-state index in [-0.39, 0.29) is 6.10 Å². The highest BCUT2D eigenvalue weighted by Crippen LogP contribution is 2.43. The Kier molecular flexibility index (Phi) is 5.38. The summed E-state index contributed by atoms with van der Waals surface area (Å²) in [5.74, 6) is 1.40. The molecule has 0 unspecified atom stereocenters. The van der Waals surface area contributed by atoms with Crippen LogP contribution in [-0.4, -0.2) is 12.8 Å². The molecule has 2 aromatic rings. The van der Waals surface area contributed by atoms with E-state index in [1.807, 2.05) is 70.2 Å². The fraction of sp³-hybridized carbons (Fsp3) is 0.333. The molecule has 23 heavy (non-hydrogen) atoms. The van der Waals surface area contributed by atoms with Gasteiger partial charge in [0.1, 0.15) is 11.5 Å². The molecule has 0 heterocycles. The van der Waals surface area contributed by atoms with E-state index in [0.29, 0.717) is 5.75 Å². The summed E-state index contributed by atoms with van der Waals surface area (Å²) >= 11 is 0. The van der Waals surface area contributed by atoms with Crippen LogP contribution in [0.25, 0.3) is 0 Å². The predicted molar refractivity (Wildman–Crippen MR) is 95.9 cm³/mol. The third-order valence-electron chi connectivity index (χ3n) is 3.03. The van der Waals surface area contributed by atoms with Crippen LogP contribution < -0.4 is 14.3 Å². The largest absolute Gasteiger partial charge is 0.491 e. The highest BCUT2D eigenvalue weighted by atomic mass is 31.2. The molecule has 0 amide bonds. The van der Waals surface area contributed by atoms with Crippen molar-refractivity contribution in [3.05, 3.63) is 53.6 Å². The number of ether oxygens (including phenoxy) is 1. The molecule has 124 valence electrons. The van der Waals surface area contributed by atoms with Gasteiger partial charge in [0.25, 0.3) is 0 Å². The minimum absolute atomic E-state index is 0.124. The summed E-state index contributed by atoms with van der Waals surface area (Å²) in [4.78, 5) is 0. The molecule has 0 aliphatic heterocycles. The molecule has 0 radical (unpaired) electrons. The summed E-state index contributed by atoms with van der Waals surface area (Å²) in [6.07, 6.45) is 0.124. The van der Waals surface area contributed by atoms with Gasteiger partial charge in [-0.05, 0) is 75.2 Å². The lowest BCUT2D eigenvalue weighted by molar-refractivity contribution is 0.242. The second-order valence-electron chi connectivity index (χ2n) is 6.06. The van der Waals surface area contributed by atoms with E-state index in [9.17, 15) is 4.57 Å². The van der Waals surface area contributed by atoms with Gasteiger partial charge in [-0.3, -0.25) is 4.57 Å². The second-order valence-corrected chi connectivity index (χ2v) is 8.16. The van der Waals surface area contributed by atoms with E-state index in [1.54, 1.807) is 6.66 Å². The monoisotopic (exact) mass is 333 g/mol. The zero-order chi connectivity index (χ0) is 17.0. The Morgan fingerprint density at radius 1 is 0.957 bits per heavy atom. The Morgan fingerprint density at radius 3 is 2.04 bits per heavy atom. The zero-order valence-electron chi connectivity index (χ0n) is 14.3. The average Bonchev–Trinajstić information content (AvgIpc) is 2.38. The summed E-state index contributed by atoms with van der Waals surface area (Å²) in [6, 6.07) is 13.2. The van der Waals surface area contributed by atoms with Crippen LogP contribution in [0.15, 0.2) is 42.5 Å². The summed E-state index contributed by atoms with van der Waals surface area (Å²) in [6.45, 7) is 9.50. The molecule has 1 N–H and O–H groups in total. The normalized spacial score (nSPS) is 13.5. The van der Waals surface area contributed by atoms with E-state index < -0.39 is 7.52 Å². The Balaban J connectivity index is 2.06. The molecule has 0 aliphatic rings. The number of hydrogen-bond acceptors (Lipinski definition) is 3. The van der Waals surface area contributed by atoms with E-state index in [1.165, 1.54) is 0 Å². The molecular weight excluding hydrogens is 309 g/mol. The molecule has 2 aromatic carbocycles. The van der Waals surface area contributed by atoms with Crippen LogP contribution in [0.4, 0.5) is 5.69 Å². The predicted octanol–water partition coefficient (Wildman–Crippen LogP) is 5.40. The van der Waals surface area contributed by atoms with Gasteiger partial charge in [-0.2, -0.15) is 0 Å². The van der Waals surface area contributed by atoms with Crippen LogP contribution in [0.2, 0.25) is 0 Å². The maximum absolute atomic E-state index is 12.7. The van der Waals surface area contributed by atoms with Crippen molar-refractivity contribution < 1.29 is 13.8 Å². The lowest BCUT2D eigenvalue weighted by Crippen LogP contribution is -2.06. The fourth-order valence-corrected chi connectivity index (χ4v) is 3.50. The van der Waals surface area contributed by atoms with Gasteiger partial charge in [0.05, 0.1) is 6.10 Å². The molecule has 1 atom stereocenters. The van der Waals surface area contributed by atoms with Crippen molar-refractivity contribution in [2.75, 3.05) is 11.8 Å². The van der Waals surface area contributed by atoms with Crippen LogP contribution >= 0.6 is 7.52 Å². The first kappa shape index (κ1) is 17.4. The Hall–Kier alpha value is -1.93. The first-order chi connectivity index (χ1) is 10.7. The first-order valence-electron chi connectivity index (χ1n) is 7.64. The summed E-state index contributed by atoms with van der Waals surface area (Å²) in [7, 11) is -3.01. The van der Waals surface area contributed by atoms with Gasteiger partial charge in [-0.15, -0.1) is 0 Å². The molecule has 0 fully saturated rings. The minimum Gasteiger partial charge on any atom is -0.491 e. The van der Waals surface area contributed by atoms with Crippen molar-refractivity contribution in [3.8, 4) is 11.5 Å². The maximum atomic E-state index is 12.7. The van der Waals surface area contributed by atoms with Gasteiger partial charge in [-0.25, -0.2) is 0 Å². The zero-order valence-corrected chi connectivity index (χ0v) is 15.2. The van der Waals surface area contributed by atoms with Crippen molar-refractivity contribution in [1.82, 2.24) is 0 Å². The molecule has 0 saturated heterocycles. The quantitative estimate of drug-likeness (QED) is 0.719. The number of nitrogens with one attached hydrogen (secondary N) is 1. The lowest BCUT2D eigenvalue weighted by Gasteiger charge is -2.18. The SMILES string of the molecule is Cc1cc(C)cc(O[P@@](C)(=O)Nc2ccc(OC(C)C)cc2)c1. The molecule has 5 heteroatoms. The number of benzene rings is 2. The molecule has 0 saturated carbocycles. The van der Waals surface area contributed by atoms with E-state index in [4.69, 9.17) is 9.26 Å². The Labute approximate surface area is 138 Å². The van der Waals surface area contributed by atoms with Crippen molar-refractivity contribution in [2.45, 2.75) is 33.8 Å². The third-order valence-corrected chi connectivity index (χ3v) is 4.26. The average molecular weight is 333 g/mol. The Bertz CT molecular complexity index is 690. The van der Waals surface area contributed by atoms with Crippen molar-refractivity contribution >= 4 is 13.2 Å². The van der Waals surface area contributed by atoms with Crippen LogP contribution in [0.5, 0.6) is 11.5 Å². The van der Waals surface area contributed by atoms with Crippen molar-refractivity contribution in [2.24, 2.45) is 0 Å². The third kappa shape index (κ3) is 5.65. The van der Waals surface area contributed by atoms with Gasteiger partial charge < -0.3 is 14.3 Å². The van der Waals surface area contributed by atoms with Crippen LogP contribution in [0, 0.1) is 13.8 Å². The smallest absolute Gasteiger partial charge is 0.338 e. The van der Waals surface area contributed by atoms with Crippen molar-refractivity contribution in [3.63, 3.8) is 0 Å². The van der Waals surface area contributed by atoms with Gasteiger partial charge in [0, 0.05) is 12.4 Å². The highest BCUT2D eigenvalue weighted by molar-refractivity contribution is 7.60. The van der Waals surface area contributed by atoms with Crippen LogP contribution in [0.1, 0.15) is 25.0 Å². The Morgan fingerprint density at radius 2 is 1.52 bits per heavy atom. The molecule has 0 aromatic heterocycles. The first-order valence-corrected chi connectivity index (χ1v) is 9.71. The van der Waals surface area contributed by atoms with E-state index in [0.717, 1.165) is 22.6 Å². The molecular formula is C18H24NO3P. The standard InChI is InChI=1S/C18H24NO3P/c1-13(2)21-17-8-6-16(7-9-17)19-23(5,20)22-18-11-14(3)10-15(4)12-18/h6-13H,1-5H3,(H,19,20)/t23-/m1/s1. The number of aryl methyl sites for hydroxylation is 2. The minimum atomic E-state index is -3.01. The number of rotatable bonds is 6. The molecule has 0 aliphatic carbocycles. The molecule has 0 bridgehead atoms. The maximum Gasteiger partial charge on any atom is 0.338 e. The summed E-state index contributed by atoms with van der Waals surface area (Å²) in [5, 5.41) is 2.96. The van der Waals surface area contributed by atoms with Gasteiger partial charge in [0.2, 0.25) is 0 Å². The fourth-order valence-electron chi connectivity index (χ4n) is 2.32. The van der Waals surface area contributed by atoms with Crippen LogP contribution in [-0.2, 0) is 4.57 Å². The summed E-state index contributed by atoms with van der Waals surface area (Å²) in [5.41, 5.74) is 2.89. The molecule has 2 rings (SSSR count). The molecule has 4 nitrogen and oxygen atoms in total. The highest BCUT2D eigenvalue weighted by Gasteiger charge is 2.17. The van der Waals surface area contributed by atoms with Gasteiger partial charge in [0.15, 0.2) is 0 Å². The topological polar surface area (TPSA) is 47.6 Å².